The van der Waals surface area contributed by atoms with E-state index in [9.17, 15) is 19.5 Å². The van der Waals surface area contributed by atoms with Crippen LogP contribution in [0.3, 0.4) is 0 Å². The van der Waals surface area contributed by atoms with Crippen LogP contribution in [0.25, 0.3) is 21.7 Å². The van der Waals surface area contributed by atoms with E-state index in [2.05, 4.69) is 5.32 Å². The molecule has 7 nitrogen and oxygen atoms in total. The first-order valence-corrected chi connectivity index (χ1v) is 9.18. The topological polar surface area (TPSA) is 106 Å². The molecule has 7 heteroatoms. The van der Waals surface area contributed by atoms with Gasteiger partial charge < -0.3 is 19.6 Å². The Morgan fingerprint density at radius 1 is 0.933 bits per heavy atom. The maximum atomic E-state index is 12.2. The van der Waals surface area contributed by atoms with Crippen molar-refractivity contribution in [3.8, 4) is 5.75 Å². The van der Waals surface area contributed by atoms with Crippen molar-refractivity contribution in [1.82, 2.24) is 5.32 Å². The Morgan fingerprint density at radius 3 is 2.37 bits per heavy atom. The third-order valence-corrected chi connectivity index (χ3v) is 4.65. The SMILES string of the molecule is O=C(COc1ccc2c(c1)oc(=O)c1ccccc12)NC(C(=O)O)c1ccccc1. The standard InChI is InChI=1S/C23H17NO6/c25-20(24-21(22(26)27)14-6-2-1-3-7-14)13-29-15-10-11-17-16-8-4-5-9-18(16)23(28)30-19(17)12-15/h1-12,21H,13H2,(H,24,25)(H,26,27). The highest BCUT2D eigenvalue weighted by atomic mass is 16.5. The van der Waals surface area contributed by atoms with E-state index in [-0.39, 0.29) is 6.61 Å². The van der Waals surface area contributed by atoms with Gasteiger partial charge in [0.25, 0.3) is 5.91 Å². The molecule has 0 saturated heterocycles. The Labute approximate surface area is 170 Å². The van der Waals surface area contributed by atoms with Crippen LogP contribution in [0.1, 0.15) is 11.6 Å². The highest BCUT2D eigenvalue weighted by molar-refractivity contribution is 6.04. The first kappa shape index (κ1) is 19.2. The molecule has 0 aliphatic rings. The second-order valence-electron chi connectivity index (χ2n) is 6.63. The van der Waals surface area contributed by atoms with E-state index < -0.39 is 23.5 Å². The molecule has 4 aromatic rings. The molecule has 4 rings (SSSR count). The zero-order valence-corrected chi connectivity index (χ0v) is 15.7. The second-order valence-corrected chi connectivity index (χ2v) is 6.63. The number of hydrogen-bond donors (Lipinski definition) is 2. The lowest BCUT2D eigenvalue weighted by molar-refractivity contribution is -0.142. The van der Waals surface area contributed by atoms with Gasteiger partial charge in [-0.05, 0) is 29.1 Å². The lowest BCUT2D eigenvalue weighted by atomic mass is 10.1. The molecule has 1 unspecified atom stereocenters. The lowest BCUT2D eigenvalue weighted by Gasteiger charge is -2.15. The monoisotopic (exact) mass is 403 g/mol. The molecule has 0 spiro atoms. The van der Waals surface area contributed by atoms with Crippen LogP contribution in [-0.4, -0.2) is 23.6 Å². The smallest absolute Gasteiger partial charge is 0.344 e. The molecule has 150 valence electrons. The molecule has 0 bridgehead atoms. The number of benzene rings is 3. The van der Waals surface area contributed by atoms with Gasteiger partial charge in [0.1, 0.15) is 11.3 Å². The molecular weight excluding hydrogens is 386 g/mol. The fraction of sp³-hybridized carbons (Fsp3) is 0.0870. The number of carboxylic acids is 1. The Balaban J connectivity index is 1.50. The maximum Gasteiger partial charge on any atom is 0.344 e. The van der Waals surface area contributed by atoms with Crippen molar-refractivity contribution in [2.45, 2.75) is 6.04 Å². The number of hydrogen-bond acceptors (Lipinski definition) is 5. The van der Waals surface area contributed by atoms with Gasteiger partial charge in [0.2, 0.25) is 0 Å². The molecule has 2 N–H and O–H groups in total. The fourth-order valence-electron chi connectivity index (χ4n) is 3.23. The summed E-state index contributed by atoms with van der Waals surface area (Å²) in [4.78, 5) is 35.9. The van der Waals surface area contributed by atoms with Gasteiger partial charge in [-0.1, -0.05) is 48.5 Å². The molecular formula is C23H17NO6. The summed E-state index contributed by atoms with van der Waals surface area (Å²) in [5, 5.41) is 13.8. The Morgan fingerprint density at radius 2 is 1.63 bits per heavy atom. The third kappa shape index (κ3) is 3.86. The number of ether oxygens (including phenoxy) is 1. The van der Waals surface area contributed by atoms with Crippen molar-refractivity contribution in [3.63, 3.8) is 0 Å². The van der Waals surface area contributed by atoms with Crippen molar-refractivity contribution < 1.29 is 23.8 Å². The van der Waals surface area contributed by atoms with Crippen LogP contribution in [0.5, 0.6) is 5.75 Å². The zero-order valence-electron chi connectivity index (χ0n) is 15.7. The van der Waals surface area contributed by atoms with Crippen LogP contribution in [0.4, 0.5) is 0 Å². The largest absolute Gasteiger partial charge is 0.484 e. The predicted octanol–water partition coefficient (Wildman–Crippen LogP) is 3.27. The van der Waals surface area contributed by atoms with E-state index >= 15 is 0 Å². The molecule has 0 aliphatic heterocycles. The molecule has 3 aromatic carbocycles. The molecule has 1 atom stereocenters. The molecule has 1 amide bonds. The van der Waals surface area contributed by atoms with Gasteiger partial charge in [-0.15, -0.1) is 0 Å². The number of nitrogens with one attached hydrogen (secondary N) is 1. The zero-order chi connectivity index (χ0) is 21.1. The molecule has 0 saturated carbocycles. The highest BCUT2D eigenvalue weighted by Gasteiger charge is 2.22. The Hall–Kier alpha value is -4.13. The van der Waals surface area contributed by atoms with Gasteiger partial charge >= 0.3 is 11.6 Å². The predicted molar refractivity (Wildman–Crippen MR) is 110 cm³/mol. The van der Waals surface area contributed by atoms with E-state index in [0.29, 0.717) is 22.3 Å². The molecule has 0 radical (unpaired) electrons. The van der Waals surface area contributed by atoms with Crippen LogP contribution in [-0.2, 0) is 9.59 Å². The van der Waals surface area contributed by atoms with Gasteiger partial charge in [-0.2, -0.15) is 0 Å². The van der Waals surface area contributed by atoms with Gasteiger partial charge in [0.15, 0.2) is 12.6 Å². The number of carbonyl (C=O) groups excluding carboxylic acids is 1. The summed E-state index contributed by atoms with van der Waals surface area (Å²) in [6.45, 7) is -0.389. The second kappa shape index (κ2) is 8.08. The van der Waals surface area contributed by atoms with Gasteiger partial charge in [0, 0.05) is 11.5 Å². The lowest BCUT2D eigenvalue weighted by Crippen LogP contribution is -2.36. The van der Waals surface area contributed by atoms with Crippen molar-refractivity contribution in [1.29, 1.82) is 0 Å². The third-order valence-electron chi connectivity index (χ3n) is 4.65. The summed E-state index contributed by atoms with van der Waals surface area (Å²) in [6, 6.07) is 19.3. The van der Waals surface area contributed by atoms with Crippen LogP contribution in [0.15, 0.2) is 82.0 Å². The normalized spacial score (nSPS) is 11.9. The van der Waals surface area contributed by atoms with Crippen molar-refractivity contribution in [2.75, 3.05) is 6.61 Å². The van der Waals surface area contributed by atoms with E-state index in [0.717, 1.165) is 10.8 Å². The van der Waals surface area contributed by atoms with Gasteiger partial charge in [0.05, 0.1) is 5.39 Å². The minimum absolute atomic E-state index is 0.322. The van der Waals surface area contributed by atoms with Crippen LogP contribution >= 0.6 is 0 Å². The van der Waals surface area contributed by atoms with Crippen molar-refractivity contribution in [2.24, 2.45) is 0 Å². The summed E-state index contributed by atoms with van der Waals surface area (Å²) in [5.74, 6) is -1.44. The van der Waals surface area contributed by atoms with Gasteiger partial charge in [-0.25, -0.2) is 9.59 Å². The summed E-state index contributed by atoms with van der Waals surface area (Å²) in [6.07, 6.45) is 0. The van der Waals surface area contributed by atoms with Crippen LogP contribution in [0.2, 0.25) is 0 Å². The number of carbonyl (C=O) groups is 2. The van der Waals surface area contributed by atoms with E-state index in [4.69, 9.17) is 9.15 Å². The first-order valence-electron chi connectivity index (χ1n) is 9.18. The summed E-state index contributed by atoms with van der Waals surface area (Å²) < 4.78 is 10.8. The van der Waals surface area contributed by atoms with E-state index in [1.54, 1.807) is 54.6 Å². The first-order chi connectivity index (χ1) is 14.5. The average molecular weight is 403 g/mol. The number of carboxylic acid groups (broad SMARTS) is 1. The minimum atomic E-state index is -1.18. The summed E-state index contributed by atoms with van der Waals surface area (Å²) in [7, 11) is 0. The Bertz CT molecular complexity index is 1300. The van der Waals surface area contributed by atoms with E-state index in [1.165, 1.54) is 6.07 Å². The number of aliphatic carboxylic acids is 1. The van der Waals surface area contributed by atoms with Crippen molar-refractivity contribution >= 4 is 33.6 Å². The average Bonchev–Trinajstić information content (AvgIpc) is 2.76. The number of fused-ring (bicyclic) bond motifs is 3. The van der Waals surface area contributed by atoms with Crippen molar-refractivity contribution in [3.05, 3.63) is 88.8 Å². The Kier molecular flexibility index (Phi) is 5.17. The maximum absolute atomic E-state index is 12.2. The molecule has 30 heavy (non-hydrogen) atoms. The quantitative estimate of drug-likeness (QED) is 0.378. The van der Waals surface area contributed by atoms with Crippen LogP contribution in [0, 0.1) is 0 Å². The molecule has 0 aliphatic carbocycles. The highest BCUT2D eigenvalue weighted by Crippen LogP contribution is 2.26. The summed E-state index contributed by atoms with van der Waals surface area (Å²) in [5.41, 5.74) is 0.335. The summed E-state index contributed by atoms with van der Waals surface area (Å²) >= 11 is 0. The van der Waals surface area contributed by atoms with Crippen LogP contribution < -0.4 is 15.7 Å². The van der Waals surface area contributed by atoms with E-state index in [1.807, 2.05) is 12.1 Å². The molecule has 1 heterocycles. The number of rotatable bonds is 6. The fourth-order valence-corrected chi connectivity index (χ4v) is 3.23. The number of amides is 1. The minimum Gasteiger partial charge on any atom is -0.484 e. The molecule has 0 fully saturated rings. The molecule has 1 aromatic heterocycles. The van der Waals surface area contributed by atoms with Gasteiger partial charge in [-0.3, -0.25) is 4.79 Å².